The van der Waals surface area contributed by atoms with Gasteiger partial charge in [0.2, 0.25) is 5.95 Å². The van der Waals surface area contributed by atoms with Gasteiger partial charge in [-0.3, -0.25) is 0 Å². The highest BCUT2D eigenvalue weighted by atomic mass is 19.1. The van der Waals surface area contributed by atoms with E-state index >= 15 is 0 Å². The minimum absolute atomic E-state index is 0.223. The fourth-order valence-electron chi connectivity index (χ4n) is 2.18. The predicted molar refractivity (Wildman–Crippen MR) is 71.5 cm³/mol. The lowest BCUT2D eigenvalue weighted by Gasteiger charge is -2.19. The molecule has 3 rings (SSSR count). The van der Waals surface area contributed by atoms with E-state index in [-0.39, 0.29) is 11.8 Å². The molecule has 1 aromatic carbocycles. The number of hydrogen-bond donors (Lipinski definition) is 3. The van der Waals surface area contributed by atoms with Gasteiger partial charge in [0, 0.05) is 17.8 Å². The second kappa shape index (κ2) is 4.81. The zero-order valence-corrected chi connectivity index (χ0v) is 10.3. The van der Waals surface area contributed by atoms with Gasteiger partial charge >= 0.3 is 0 Å². The smallest absolute Gasteiger partial charge is 0.222 e. The SMILES string of the molecule is Nc1nc2c(c(Nc3cccc(F)c3)n1)CCNC2. The molecular formula is C13H14FN5. The summed E-state index contributed by atoms with van der Waals surface area (Å²) in [6.07, 6.45) is 0.827. The number of nitrogens with one attached hydrogen (secondary N) is 2. The summed E-state index contributed by atoms with van der Waals surface area (Å²) in [7, 11) is 0. The molecule has 19 heavy (non-hydrogen) atoms. The van der Waals surface area contributed by atoms with Gasteiger partial charge in [0.05, 0.1) is 5.69 Å². The van der Waals surface area contributed by atoms with E-state index in [0.717, 1.165) is 24.2 Å². The molecule has 0 atom stereocenters. The van der Waals surface area contributed by atoms with Crippen LogP contribution in [0.15, 0.2) is 24.3 Å². The van der Waals surface area contributed by atoms with Gasteiger partial charge in [-0.05, 0) is 31.2 Å². The maximum Gasteiger partial charge on any atom is 0.222 e. The second-order valence-corrected chi connectivity index (χ2v) is 4.42. The zero-order valence-electron chi connectivity index (χ0n) is 10.3. The van der Waals surface area contributed by atoms with Crippen molar-refractivity contribution in [2.45, 2.75) is 13.0 Å². The van der Waals surface area contributed by atoms with Crippen molar-refractivity contribution in [1.82, 2.24) is 15.3 Å². The molecule has 0 radical (unpaired) electrons. The van der Waals surface area contributed by atoms with Gasteiger partial charge in [-0.25, -0.2) is 9.37 Å². The number of aromatic nitrogens is 2. The standard InChI is InChI=1S/C13H14FN5/c14-8-2-1-3-9(6-8)17-12-10-4-5-16-7-11(10)18-13(15)19-12/h1-3,6,16H,4-5,7H2,(H3,15,17,18,19). The van der Waals surface area contributed by atoms with Crippen LogP contribution in [-0.2, 0) is 13.0 Å². The Labute approximate surface area is 110 Å². The number of nitrogen functional groups attached to an aromatic ring is 1. The van der Waals surface area contributed by atoms with Crippen molar-refractivity contribution in [3.8, 4) is 0 Å². The summed E-state index contributed by atoms with van der Waals surface area (Å²) >= 11 is 0. The summed E-state index contributed by atoms with van der Waals surface area (Å²) in [6.45, 7) is 1.55. The number of halogens is 1. The van der Waals surface area contributed by atoms with Gasteiger partial charge in [-0.15, -0.1) is 0 Å². The molecule has 0 fully saturated rings. The number of anilines is 3. The topological polar surface area (TPSA) is 75.9 Å². The maximum atomic E-state index is 13.2. The Morgan fingerprint density at radius 1 is 1.32 bits per heavy atom. The molecule has 1 aliphatic rings. The van der Waals surface area contributed by atoms with Crippen molar-refractivity contribution >= 4 is 17.5 Å². The molecular weight excluding hydrogens is 245 g/mol. The van der Waals surface area contributed by atoms with E-state index in [9.17, 15) is 4.39 Å². The zero-order chi connectivity index (χ0) is 13.2. The third-order valence-corrected chi connectivity index (χ3v) is 3.04. The summed E-state index contributed by atoms with van der Waals surface area (Å²) < 4.78 is 13.2. The highest BCUT2D eigenvalue weighted by molar-refractivity contribution is 5.61. The highest BCUT2D eigenvalue weighted by Crippen LogP contribution is 2.24. The van der Waals surface area contributed by atoms with Gasteiger partial charge < -0.3 is 16.4 Å². The first-order chi connectivity index (χ1) is 9.22. The van der Waals surface area contributed by atoms with Crippen molar-refractivity contribution in [2.75, 3.05) is 17.6 Å². The molecule has 0 aliphatic carbocycles. The number of fused-ring (bicyclic) bond motifs is 1. The fourth-order valence-corrected chi connectivity index (χ4v) is 2.18. The second-order valence-electron chi connectivity index (χ2n) is 4.42. The average Bonchev–Trinajstić information content (AvgIpc) is 2.38. The third kappa shape index (κ3) is 2.48. The molecule has 0 bridgehead atoms. The van der Waals surface area contributed by atoms with Gasteiger partial charge in [0.1, 0.15) is 11.6 Å². The summed E-state index contributed by atoms with van der Waals surface area (Å²) in [6, 6.07) is 6.26. The molecule has 0 saturated carbocycles. The van der Waals surface area contributed by atoms with E-state index in [2.05, 4.69) is 20.6 Å². The number of benzene rings is 1. The normalized spacial score (nSPS) is 13.9. The third-order valence-electron chi connectivity index (χ3n) is 3.04. The first-order valence-corrected chi connectivity index (χ1v) is 6.11. The van der Waals surface area contributed by atoms with Crippen LogP contribution in [0.3, 0.4) is 0 Å². The Bertz CT molecular complexity index is 614. The van der Waals surface area contributed by atoms with Gasteiger partial charge in [0.25, 0.3) is 0 Å². The number of hydrogen-bond acceptors (Lipinski definition) is 5. The molecule has 4 N–H and O–H groups in total. The Kier molecular flexibility index (Phi) is 3.00. The Morgan fingerprint density at radius 3 is 3.05 bits per heavy atom. The van der Waals surface area contributed by atoms with Crippen molar-refractivity contribution in [3.63, 3.8) is 0 Å². The van der Waals surface area contributed by atoms with Crippen molar-refractivity contribution in [3.05, 3.63) is 41.3 Å². The first kappa shape index (κ1) is 11.9. The Hall–Kier alpha value is -2.21. The first-order valence-electron chi connectivity index (χ1n) is 6.11. The Balaban J connectivity index is 1.98. The summed E-state index contributed by atoms with van der Waals surface area (Å²) in [5.74, 6) is 0.596. The van der Waals surface area contributed by atoms with E-state index in [1.54, 1.807) is 12.1 Å². The predicted octanol–water partition coefficient (Wildman–Crippen LogP) is 1.59. The summed E-state index contributed by atoms with van der Waals surface area (Å²) in [4.78, 5) is 8.44. The minimum atomic E-state index is -0.289. The van der Waals surface area contributed by atoms with Crippen molar-refractivity contribution in [2.24, 2.45) is 0 Å². The van der Waals surface area contributed by atoms with Crippen LogP contribution in [0.5, 0.6) is 0 Å². The lowest BCUT2D eigenvalue weighted by molar-refractivity contribution is 0.625. The van der Waals surface area contributed by atoms with Crippen LogP contribution in [0.1, 0.15) is 11.3 Å². The van der Waals surface area contributed by atoms with Crippen LogP contribution in [0, 0.1) is 5.82 Å². The molecule has 1 aromatic heterocycles. The van der Waals surface area contributed by atoms with E-state index in [1.165, 1.54) is 12.1 Å². The molecule has 1 aliphatic heterocycles. The molecule has 5 nitrogen and oxygen atoms in total. The van der Waals surface area contributed by atoms with Crippen LogP contribution in [0.25, 0.3) is 0 Å². The molecule has 2 heterocycles. The lowest BCUT2D eigenvalue weighted by Crippen LogP contribution is -2.26. The van der Waals surface area contributed by atoms with Gasteiger partial charge in [0.15, 0.2) is 0 Å². The number of nitrogens with zero attached hydrogens (tertiary/aromatic N) is 2. The Morgan fingerprint density at radius 2 is 2.21 bits per heavy atom. The van der Waals surface area contributed by atoms with Gasteiger partial charge in [-0.2, -0.15) is 4.98 Å². The largest absolute Gasteiger partial charge is 0.368 e. The van der Waals surface area contributed by atoms with Crippen LogP contribution in [0.4, 0.5) is 21.8 Å². The molecule has 0 saturated heterocycles. The highest BCUT2D eigenvalue weighted by Gasteiger charge is 2.16. The molecule has 0 spiro atoms. The molecule has 2 aromatic rings. The average molecular weight is 259 g/mol. The summed E-state index contributed by atoms with van der Waals surface area (Å²) in [5.41, 5.74) is 8.29. The van der Waals surface area contributed by atoms with E-state index in [0.29, 0.717) is 18.1 Å². The molecule has 0 amide bonds. The van der Waals surface area contributed by atoms with Crippen molar-refractivity contribution in [1.29, 1.82) is 0 Å². The van der Waals surface area contributed by atoms with Gasteiger partial charge in [-0.1, -0.05) is 6.07 Å². The molecule has 98 valence electrons. The summed E-state index contributed by atoms with van der Waals surface area (Å²) in [5, 5.41) is 6.35. The van der Waals surface area contributed by atoms with E-state index < -0.39 is 0 Å². The lowest BCUT2D eigenvalue weighted by atomic mass is 10.1. The van der Waals surface area contributed by atoms with Crippen LogP contribution >= 0.6 is 0 Å². The van der Waals surface area contributed by atoms with Crippen LogP contribution < -0.4 is 16.4 Å². The maximum absolute atomic E-state index is 13.2. The molecule has 6 heteroatoms. The van der Waals surface area contributed by atoms with Crippen LogP contribution in [0.2, 0.25) is 0 Å². The number of rotatable bonds is 2. The van der Waals surface area contributed by atoms with Crippen molar-refractivity contribution < 1.29 is 4.39 Å². The van der Waals surface area contributed by atoms with E-state index in [4.69, 9.17) is 5.73 Å². The number of nitrogens with two attached hydrogens (primary N) is 1. The molecule has 0 unspecified atom stereocenters. The minimum Gasteiger partial charge on any atom is -0.368 e. The van der Waals surface area contributed by atoms with Crippen LogP contribution in [-0.4, -0.2) is 16.5 Å². The quantitative estimate of drug-likeness (QED) is 0.763. The van der Waals surface area contributed by atoms with E-state index in [1.807, 2.05) is 0 Å². The monoisotopic (exact) mass is 259 g/mol. The fraction of sp³-hybridized carbons (Fsp3) is 0.231.